The summed E-state index contributed by atoms with van der Waals surface area (Å²) < 4.78 is 13.9. The minimum atomic E-state index is -0.688. The first-order valence-corrected chi connectivity index (χ1v) is 9.43. The van der Waals surface area contributed by atoms with E-state index in [2.05, 4.69) is 20.7 Å². The van der Waals surface area contributed by atoms with Gasteiger partial charge in [-0.3, -0.25) is 13.9 Å². The average Bonchev–Trinajstić information content (AvgIpc) is 3.06. The van der Waals surface area contributed by atoms with E-state index in [0.29, 0.717) is 11.3 Å². The number of nitrogens with zero attached hydrogens (tertiary/aromatic N) is 3. The van der Waals surface area contributed by atoms with E-state index in [9.17, 15) is 4.21 Å². The molecule has 2 rings (SSSR count). The number of hydrogen-bond acceptors (Lipinski definition) is 3. The number of rotatable bonds is 6. The van der Waals surface area contributed by atoms with E-state index >= 15 is 0 Å². The van der Waals surface area contributed by atoms with Crippen molar-refractivity contribution in [3.63, 3.8) is 0 Å². The van der Waals surface area contributed by atoms with Crippen LogP contribution in [0.15, 0.2) is 23.5 Å². The fourth-order valence-electron chi connectivity index (χ4n) is 2.86. The first-order chi connectivity index (χ1) is 10.7. The van der Waals surface area contributed by atoms with Gasteiger partial charge in [0.2, 0.25) is 0 Å². The first kappa shape index (κ1) is 17.0. The van der Waals surface area contributed by atoms with Gasteiger partial charge in [-0.15, -0.1) is 0 Å². The summed E-state index contributed by atoms with van der Waals surface area (Å²) in [7, 11) is 1.10. The molecule has 1 fully saturated rings. The average molecular weight is 325 g/mol. The topological polar surface area (TPSA) is 71.3 Å². The van der Waals surface area contributed by atoms with Gasteiger partial charge in [0.1, 0.15) is 0 Å². The largest absolute Gasteiger partial charge is 0.355 e. The molecule has 0 spiro atoms. The molecular formula is C15H27N5OS. The van der Waals surface area contributed by atoms with Crippen LogP contribution in [0.1, 0.15) is 32.6 Å². The van der Waals surface area contributed by atoms with Gasteiger partial charge in [0, 0.05) is 53.8 Å². The molecule has 1 aromatic heterocycles. The molecule has 0 bridgehead atoms. The van der Waals surface area contributed by atoms with Gasteiger partial charge in [0.05, 0.1) is 6.54 Å². The summed E-state index contributed by atoms with van der Waals surface area (Å²) in [6, 6.07) is 2.29. The molecular weight excluding hydrogens is 298 g/mol. The van der Waals surface area contributed by atoms with E-state index in [4.69, 9.17) is 0 Å². The van der Waals surface area contributed by atoms with Gasteiger partial charge in [-0.1, -0.05) is 13.3 Å². The number of aromatic nitrogens is 2. The van der Waals surface area contributed by atoms with Crippen molar-refractivity contribution >= 4 is 16.8 Å². The summed E-state index contributed by atoms with van der Waals surface area (Å²) >= 11 is 0. The molecule has 2 N–H and O–H groups in total. The second-order valence-electron chi connectivity index (χ2n) is 5.57. The van der Waals surface area contributed by atoms with Crippen LogP contribution in [0.4, 0.5) is 0 Å². The van der Waals surface area contributed by atoms with Crippen LogP contribution in [-0.2, 0) is 17.3 Å². The van der Waals surface area contributed by atoms with E-state index in [0.717, 1.165) is 50.5 Å². The van der Waals surface area contributed by atoms with Crippen molar-refractivity contribution in [1.29, 1.82) is 0 Å². The molecule has 124 valence electrons. The number of guanidine groups is 1. The van der Waals surface area contributed by atoms with E-state index in [-0.39, 0.29) is 0 Å². The molecule has 1 saturated carbocycles. The van der Waals surface area contributed by atoms with Crippen LogP contribution in [0.25, 0.3) is 0 Å². The number of nitrogens with one attached hydrogen (secondary N) is 2. The molecule has 1 heterocycles. The predicted molar refractivity (Wildman–Crippen MR) is 91.5 cm³/mol. The van der Waals surface area contributed by atoms with E-state index in [1.165, 1.54) is 0 Å². The zero-order valence-electron chi connectivity index (χ0n) is 13.5. The predicted octanol–water partition coefficient (Wildman–Crippen LogP) is 1.13. The van der Waals surface area contributed by atoms with Crippen LogP contribution in [-0.4, -0.2) is 50.6 Å². The second kappa shape index (κ2) is 8.92. The highest BCUT2D eigenvalue weighted by Crippen LogP contribution is 2.22. The second-order valence-corrected chi connectivity index (χ2v) is 7.57. The molecule has 1 aliphatic rings. The first-order valence-electron chi connectivity index (χ1n) is 8.04. The van der Waals surface area contributed by atoms with Gasteiger partial charge in [-0.2, -0.15) is 5.10 Å². The van der Waals surface area contributed by atoms with Gasteiger partial charge in [-0.25, -0.2) is 0 Å². The summed E-state index contributed by atoms with van der Waals surface area (Å²) in [6.07, 6.45) is 8.05. The Labute approximate surface area is 135 Å². The van der Waals surface area contributed by atoms with Crippen LogP contribution in [0, 0.1) is 0 Å². The summed E-state index contributed by atoms with van der Waals surface area (Å²) in [5.41, 5.74) is 0. The Hall–Kier alpha value is -1.37. The smallest absolute Gasteiger partial charge is 0.191 e. The van der Waals surface area contributed by atoms with Crippen molar-refractivity contribution in [2.24, 2.45) is 4.99 Å². The molecule has 0 aliphatic heterocycles. The molecule has 1 aromatic rings. The van der Waals surface area contributed by atoms with Crippen molar-refractivity contribution < 1.29 is 4.21 Å². The molecule has 1 aliphatic carbocycles. The molecule has 0 amide bonds. The number of hydrogen-bond donors (Lipinski definition) is 2. The normalized spacial score (nSPS) is 24.0. The molecule has 3 atom stereocenters. The maximum atomic E-state index is 12.0. The summed E-state index contributed by atoms with van der Waals surface area (Å²) in [5.74, 6) is 1.58. The molecule has 0 radical (unpaired) electrons. The van der Waals surface area contributed by atoms with Crippen LogP contribution in [0.3, 0.4) is 0 Å². The Morgan fingerprint density at radius 1 is 1.50 bits per heavy atom. The quantitative estimate of drug-likeness (QED) is 0.607. The maximum absolute atomic E-state index is 12.0. The van der Waals surface area contributed by atoms with Crippen LogP contribution in [0.2, 0.25) is 0 Å². The van der Waals surface area contributed by atoms with Gasteiger partial charge >= 0.3 is 0 Å². The Balaban J connectivity index is 1.76. The summed E-state index contributed by atoms with van der Waals surface area (Å²) in [6.45, 7) is 3.59. The zero-order valence-corrected chi connectivity index (χ0v) is 14.3. The Kier molecular flexibility index (Phi) is 6.89. The fourth-order valence-corrected chi connectivity index (χ4v) is 4.21. The fraction of sp³-hybridized carbons (Fsp3) is 0.733. The maximum Gasteiger partial charge on any atom is 0.191 e. The van der Waals surface area contributed by atoms with E-state index in [1.54, 1.807) is 13.2 Å². The standard InChI is InChI=1S/C15H27N5OS/c1-3-22(21)14-7-4-6-13(12-14)19-15(16-2)17-9-11-20-10-5-8-18-20/h5,8,10,13-14H,3-4,6-7,9,11-12H2,1-2H3,(H2,16,17,19). The molecule has 0 saturated heterocycles. The molecule has 6 nitrogen and oxygen atoms in total. The van der Waals surface area contributed by atoms with Gasteiger partial charge in [0.15, 0.2) is 5.96 Å². The highest BCUT2D eigenvalue weighted by Gasteiger charge is 2.25. The Bertz CT molecular complexity index is 488. The molecule has 3 unspecified atom stereocenters. The minimum Gasteiger partial charge on any atom is -0.355 e. The third kappa shape index (κ3) is 5.12. The molecule has 7 heteroatoms. The highest BCUT2D eigenvalue weighted by molar-refractivity contribution is 7.85. The summed E-state index contributed by atoms with van der Waals surface area (Å²) in [5, 5.41) is 11.3. The number of aliphatic imine (C=N–C) groups is 1. The lowest BCUT2D eigenvalue weighted by atomic mass is 9.95. The van der Waals surface area contributed by atoms with E-state index in [1.807, 2.05) is 23.9 Å². The monoisotopic (exact) mass is 325 g/mol. The Morgan fingerprint density at radius 2 is 2.36 bits per heavy atom. The lowest BCUT2D eigenvalue weighted by molar-refractivity contribution is 0.413. The SMILES string of the molecule is CCS(=O)C1CCCC(NC(=NC)NCCn2cccn2)C1. The van der Waals surface area contributed by atoms with Crippen LogP contribution in [0.5, 0.6) is 0 Å². The zero-order chi connectivity index (χ0) is 15.8. The third-order valence-corrected chi connectivity index (χ3v) is 5.78. The summed E-state index contributed by atoms with van der Waals surface area (Å²) in [4.78, 5) is 4.28. The van der Waals surface area contributed by atoms with Crippen molar-refractivity contribution in [3.8, 4) is 0 Å². The van der Waals surface area contributed by atoms with E-state index < -0.39 is 10.8 Å². The van der Waals surface area contributed by atoms with Gasteiger partial charge < -0.3 is 10.6 Å². The molecule has 0 aromatic carbocycles. The van der Waals surface area contributed by atoms with Gasteiger partial charge in [-0.05, 0) is 25.3 Å². The van der Waals surface area contributed by atoms with Crippen LogP contribution < -0.4 is 10.6 Å². The third-order valence-electron chi connectivity index (χ3n) is 4.04. The van der Waals surface area contributed by atoms with Crippen molar-refractivity contribution in [3.05, 3.63) is 18.5 Å². The molecule has 22 heavy (non-hydrogen) atoms. The van der Waals surface area contributed by atoms with Crippen molar-refractivity contribution in [2.45, 2.75) is 50.4 Å². The van der Waals surface area contributed by atoms with Crippen LogP contribution >= 0.6 is 0 Å². The lowest BCUT2D eigenvalue weighted by Crippen LogP contribution is -2.47. The van der Waals surface area contributed by atoms with Crippen molar-refractivity contribution in [1.82, 2.24) is 20.4 Å². The highest BCUT2D eigenvalue weighted by atomic mass is 32.2. The lowest BCUT2D eigenvalue weighted by Gasteiger charge is -2.30. The Morgan fingerprint density at radius 3 is 3.05 bits per heavy atom. The minimum absolute atomic E-state index is 0.332. The van der Waals surface area contributed by atoms with Crippen molar-refractivity contribution in [2.75, 3.05) is 19.3 Å². The van der Waals surface area contributed by atoms with Gasteiger partial charge in [0.25, 0.3) is 0 Å².